The molecule has 33 heavy (non-hydrogen) atoms. The topological polar surface area (TPSA) is 71.3 Å². The van der Waals surface area contributed by atoms with Crippen molar-refractivity contribution in [2.24, 2.45) is 5.92 Å². The molecule has 1 aliphatic rings. The number of thioether (sulfide) groups is 1. The van der Waals surface area contributed by atoms with Crippen molar-refractivity contribution in [3.63, 3.8) is 0 Å². The molecule has 3 aromatic rings. The lowest BCUT2D eigenvalue weighted by molar-refractivity contribution is -0.126. The van der Waals surface area contributed by atoms with Crippen LogP contribution in [0.25, 0.3) is 11.4 Å². The molecule has 0 atom stereocenters. The molecule has 1 fully saturated rings. The lowest BCUT2D eigenvalue weighted by atomic mass is 9.96. The Balaban J connectivity index is 1.15. The van der Waals surface area contributed by atoms with Crippen LogP contribution in [0.2, 0.25) is 0 Å². The molecule has 1 aliphatic heterocycles. The predicted octanol–water partition coefficient (Wildman–Crippen LogP) is 5.07. The monoisotopic (exact) mass is 528 g/mol. The molecule has 4 rings (SSSR count). The first-order valence-corrected chi connectivity index (χ1v) is 13.2. The molecule has 8 heteroatoms. The van der Waals surface area contributed by atoms with Gasteiger partial charge in [-0.2, -0.15) is 16.7 Å². The maximum atomic E-state index is 12.6. The molecular formula is C25H29BrN4O2S. The van der Waals surface area contributed by atoms with Gasteiger partial charge in [0.25, 0.3) is 0 Å². The van der Waals surface area contributed by atoms with Crippen molar-refractivity contribution in [1.29, 1.82) is 0 Å². The van der Waals surface area contributed by atoms with Crippen molar-refractivity contribution < 1.29 is 9.32 Å². The summed E-state index contributed by atoms with van der Waals surface area (Å²) in [6.07, 6.45) is 1.71. The maximum Gasteiger partial charge on any atom is 0.241 e. The lowest BCUT2D eigenvalue weighted by Gasteiger charge is -2.30. The number of aryl methyl sites for hydroxylation is 1. The van der Waals surface area contributed by atoms with Crippen LogP contribution in [0.5, 0.6) is 0 Å². The van der Waals surface area contributed by atoms with Gasteiger partial charge in [0.1, 0.15) is 0 Å². The number of hydrogen-bond donors (Lipinski definition) is 1. The molecule has 0 aliphatic carbocycles. The highest BCUT2D eigenvalue weighted by Gasteiger charge is 2.25. The summed E-state index contributed by atoms with van der Waals surface area (Å²) in [4.78, 5) is 19.4. The molecule has 0 radical (unpaired) electrons. The van der Waals surface area contributed by atoms with Gasteiger partial charge < -0.3 is 9.84 Å². The molecule has 1 amide bonds. The van der Waals surface area contributed by atoms with Crippen LogP contribution >= 0.6 is 27.7 Å². The molecule has 1 aromatic heterocycles. The van der Waals surface area contributed by atoms with Gasteiger partial charge >= 0.3 is 0 Å². The van der Waals surface area contributed by atoms with Crippen molar-refractivity contribution in [2.75, 3.05) is 25.4 Å². The van der Waals surface area contributed by atoms with Crippen LogP contribution in [-0.2, 0) is 17.1 Å². The Morgan fingerprint density at radius 1 is 1.21 bits per heavy atom. The molecular weight excluding hydrogens is 500 g/mol. The first-order chi connectivity index (χ1) is 16.1. The summed E-state index contributed by atoms with van der Waals surface area (Å²) in [6.45, 7) is 5.19. The van der Waals surface area contributed by atoms with Gasteiger partial charge in [-0.1, -0.05) is 57.5 Å². The standard InChI is InChI=1S/C25H29BrN4O2S/c1-18-5-2-3-6-21(18)17-33-14-11-27-25(31)19-9-12-30(13-10-19)16-23-28-24(29-32-23)20-7-4-8-22(26)15-20/h2-8,15,19H,9-14,16-17H2,1H3,(H,27,31). The zero-order valence-corrected chi connectivity index (χ0v) is 21.2. The summed E-state index contributed by atoms with van der Waals surface area (Å²) in [6, 6.07) is 16.3. The third kappa shape index (κ3) is 6.91. The normalized spacial score (nSPS) is 15.0. The molecule has 0 unspecified atom stereocenters. The van der Waals surface area contributed by atoms with Crippen LogP contribution in [0.15, 0.2) is 57.5 Å². The molecule has 6 nitrogen and oxygen atoms in total. The number of nitrogens with one attached hydrogen (secondary N) is 1. The minimum Gasteiger partial charge on any atom is -0.355 e. The number of carbonyl (C=O) groups excluding carboxylic acids is 1. The van der Waals surface area contributed by atoms with E-state index in [1.165, 1.54) is 11.1 Å². The van der Waals surface area contributed by atoms with E-state index in [1.807, 2.05) is 36.0 Å². The van der Waals surface area contributed by atoms with E-state index in [2.05, 4.69) is 67.5 Å². The molecule has 1 saturated heterocycles. The van der Waals surface area contributed by atoms with Crippen LogP contribution in [0, 0.1) is 12.8 Å². The predicted molar refractivity (Wildman–Crippen MR) is 136 cm³/mol. The third-order valence-electron chi connectivity index (χ3n) is 5.93. The van der Waals surface area contributed by atoms with Crippen LogP contribution in [-0.4, -0.2) is 46.3 Å². The Labute approximate surface area is 207 Å². The summed E-state index contributed by atoms with van der Waals surface area (Å²) in [5.41, 5.74) is 3.61. The SMILES string of the molecule is Cc1ccccc1CSCCNC(=O)C1CCN(Cc2nc(-c3cccc(Br)c3)no2)CC1. The second kappa shape index (κ2) is 11.8. The second-order valence-electron chi connectivity index (χ2n) is 8.34. The molecule has 2 aromatic carbocycles. The van der Waals surface area contributed by atoms with Gasteiger partial charge in [-0.25, -0.2) is 0 Å². The number of nitrogens with zero attached hydrogens (tertiary/aromatic N) is 3. The minimum atomic E-state index is 0.0857. The summed E-state index contributed by atoms with van der Waals surface area (Å²) in [5, 5.41) is 7.23. The largest absolute Gasteiger partial charge is 0.355 e. The van der Waals surface area contributed by atoms with E-state index in [1.54, 1.807) is 0 Å². The van der Waals surface area contributed by atoms with E-state index in [0.29, 0.717) is 18.3 Å². The van der Waals surface area contributed by atoms with E-state index >= 15 is 0 Å². The number of piperidine rings is 1. The van der Waals surface area contributed by atoms with Gasteiger partial charge in [-0.15, -0.1) is 0 Å². The zero-order valence-electron chi connectivity index (χ0n) is 18.8. The summed E-state index contributed by atoms with van der Waals surface area (Å²) < 4.78 is 6.43. The highest BCUT2D eigenvalue weighted by molar-refractivity contribution is 9.10. The fraction of sp³-hybridized carbons (Fsp3) is 0.400. The number of likely N-dealkylation sites (tertiary alicyclic amines) is 1. The molecule has 2 heterocycles. The van der Waals surface area contributed by atoms with E-state index < -0.39 is 0 Å². The third-order valence-corrected chi connectivity index (χ3v) is 7.43. The highest BCUT2D eigenvalue weighted by atomic mass is 79.9. The van der Waals surface area contributed by atoms with Crippen LogP contribution in [0.4, 0.5) is 0 Å². The average Bonchev–Trinajstić information content (AvgIpc) is 3.29. The van der Waals surface area contributed by atoms with Gasteiger partial charge in [0, 0.05) is 34.0 Å². The molecule has 1 N–H and O–H groups in total. The number of carbonyl (C=O) groups is 1. The number of rotatable bonds is 9. The number of halogens is 1. The van der Waals surface area contributed by atoms with Gasteiger partial charge in [-0.3, -0.25) is 9.69 Å². The summed E-state index contributed by atoms with van der Waals surface area (Å²) in [5.74, 6) is 3.39. The van der Waals surface area contributed by atoms with Gasteiger partial charge in [0.05, 0.1) is 6.54 Å². The Kier molecular flexibility index (Phi) is 8.58. The number of aromatic nitrogens is 2. The Bertz CT molecular complexity index is 1070. The number of amides is 1. The van der Waals surface area contributed by atoms with E-state index in [-0.39, 0.29) is 11.8 Å². The Morgan fingerprint density at radius 3 is 2.82 bits per heavy atom. The van der Waals surface area contributed by atoms with E-state index in [9.17, 15) is 4.79 Å². The van der Waals surface area contributed by atoms with Crippen LogP contribution < -0.4 is 5.32 Å². The zero-order chi connectivity index (χ0) is 23.0. The minimum absolute atomic E-state index is 0.0857. The Hall–Kier alpha value is -2.16. The van der Waals surface area contributed by atoms with Gasteiger partial charge in [-0.05, 0) is 56.1 Å². The van der Waals surface area contributed by atoms with E-state index in [0.717, 1.165) is 54.0 Å². The fourth-order valence-electron chi connectivity index (χ4n) is 3.95. The number of hydrogen-bond acceptors (Lipinski definition) is 6. The van der Waals surface area contributed by atoms with Crippen molar-refractivity contribution >= 4 is 33.6 Å². The van der Waals surface area contributed by atoms with Crippen molar-refractivity contribution in [2.45, 2.75) is 32.1 Å². The number of benzene rings is 2. The van der Waals surface area contributed by atoms with Crippen LogP contribution in [0.3, 0.4) is 0 Å². The summed E-state index contributed by atoms with van der Waals surface area (Å²) in [7, 11) is 0. The highest BCUT2D eigenvalue weighted by Crippen LogP contribution is 2.22. The first kappa shape index (κ1) is 24.0. The van der Waals surface area contributed by atoms with Crippen molar-refractivity contribution in [1.82, 2.24) is 20.4 Å². The fourth-order valence-corrected chi connectivity index (χ4v) is 5.29. The van der Waals surface area contributed by atoms with Gasteiger partial charge in [0.15, 0.2) is 0 Å². The maximum absolute atomic E-state index is 12.6. The molecule has 0 spiro atoms. The first-order valence-electron chi connectivity index (χ1n) is 11.3. The van der Waals surface area contributed by atoms with E-state index in [4.69, 9.17) is 4.52 Å². The van der Waals surface area contributed by atoms with Crippen molar-refractivity contribution in [3.8, 4) is 11.4 Å². The van der Waals surface area contributed by atoms with Crippen molar-refractivity contribution in [3.05, 3.63) is 70.0 Å². The second-order valence-corrected chi connectivity index (χ2v) is 10.4. The lowest BCUT2D eigenvalue weighted by Crippen LogP contribution is -2.40. The quantitative estimate of drug-likeness (QED) is 0.391. The average molecular weight is 530 g/mol. The van der Waals surface area contributed by atoms with Crippen LogP contribution in [0.1, 0.15) is 29.9 Å². The van der Waals surface area contributed by atoms with Gasteiger partial charge in [0.2, 0.25) is 17.6 Å². The molecule has 174 valence electrons. The Morgan fingerprint density at radius 2 is 2.03 bits per heavy atom. The molecule has 0 bridgehead atoms. The summed E-state index contributed by atoms with van der Waals surface area (Å²) >= 11 is 5.33. The molecule has 0 saturated carbocycles. The smallest absolute Gasteiger partial charge is 0.241 e.